The lowest BCUT2D eigenvalue weighted by molar-refractivity contribution is -0.128. The van der Waals surface area contributed by atoms with Gasteiger partial charge in [0.15, 0.2) is 0 Å². The molecule has 0 saturated heterocycles. The summed E-state index contributed by atoms with van der Waals surface area (Å²) in [5.74, 6) is 14.7. The third kappa shape index (κ3) is 7.39. The molecule has 66 heavy (non-hydrogen) atoms. The minimum absolute atomic E-state index is 0.368. The fraction of sp³-hybridized carbons (Fsp3) is 0.984. The molecular formula is C63H102N2O. The topological polar surface area (TPSA) is 23.6 Å². The largest absolute Gasteiger partial charge is 0.299 e. The number of hydrogen-bond donors (Lipinski definition) is 0. The maximum absolute atomic E-state index is 15.6. The van der Waals surface area contributed by atoms with E-state index in [1.54, 1.807) is 0 Å². The SMILES string of the molecule is CC1(C)C2CCCCC2C2CCC(N(C3CCC4C(C3)C(=O)C3CC(N(C5CCCC6CCCCC65)C5CCCC6CCCCC65)CCC34)C3CCC4C5CCCCC5C(C)(C)C4C3)CC21. The van der Waals surface area contributed by atoms with Gasteiger partial charge in [0.05, 0.1) is 0 Å². The van der Waals surface area contributed by atoms with E-state index < -0.39 is 0 Å². The van der Waals surface area contributed by atoms with Crippen molar-refractivity contribution in [3.63, 3.8) is 0 Å². The zero-order valence-corrected chi connectivity index (χ0v) is 43.5. The number of hydrogen-bond acceptors (Lipinski definition) is 3. The molecule has 13 saturated carbocycles. The van der Waals surface area contributed by atoms with Gasteiger partial charge in [0.1, 0.15) is 5.78 Å². The summed E-state index contributed by atoms with van der Waals surface area (Å²) >= 11 is 0. The fourth-order valence-corrected chi connectivity index (χ4v) is 24.4. The molecule has 22 unspecified atom stereocenters. The molecule has 13 rings (SSSR count). The van der Waals surface area contributed by atoms with Crippen LogP contribution in [0, 0.1) is 106 Å². The lowest BCUT2D eigenvalue weighted by Gasteiger charge is -2.57. The number of Topliss-reactive ketones (excluding diaryl/α,β-unsaturated/α-hetero) is 1. The fourth-order valence-electron chi connectivity index (χ4n) is 24.4. The molecule has 0 bridgehead atoms. The van der Waals surface area contributed by atoms with E-state index in [4.69, 9.17) is 0 Å². The Labute approximate surface area is 406 Å². The number of carbonyl (C=O) groups excluding carboxylic acids is 1. The van der Waals surface area contributed by atoms with Crippen molar-refractivity contribution in [1.82, 2.24) is 9.80 Å². The van der Waals surface area contributed by atoms with Gasteiger partial charge in [0.2, 0.25) is 0 Å². The van der Waals surface area contributed by atoms with Gasteiger partial charge in [-0.25, -0.2) is 0 Å². The van der Waals surface area contributed by atoms with Crippen LogP contribution in [-0.4, -0.2) is 51.8 Å². The molecular weight excluding hydrogens is 801 g/mol. The highest BCUT2D eigenvalue weighted by atomic mass is 16.1. The van der Waals surface area contributed by atoms with Crippen molar-refractivity contribution < 1.29 is 4.79 Å². The first-order valence-corrected chi connectivity index (χ1v) is 31.2. The summed E-state index contributed by atoms with van der Waals surface area (Å²) in [5, 5.41) is 0. The summed E-state index contributed by atoms with van der Waals surface area (Å²) in [5.41, 5.74) is 1.01. The standard InChI is InChI=1S/C63H102N2O/c1-62(2)55-23-11-9-21-49(55)51-33-29-43(37-57(51)62)64(44-30-34-52-50-22-10-12-24-56(50)63(3,4)58(52)38-44)41-27-31-47-48-32-28-42(36-54(48)61(66)53(47)35-41)65(59-25-13-17-39-15-5-7-19-45(39)59)60-26-14-18-40-16-6-8-20-46(40)60/h39-60H,5-38H2,1-4H3. The average Bonchev–Trinajstić information content (AvgIpc) is 3.86. The zero-order valence-electron chi connectivity index (χ0n) is 43.5. The summed E-state index contributed by atoms with van der Waals surface area (Å²) in [7, 11) is 0. The summed E-state index contributed by atoms with van der Waals surface area (Å²) in [6, 6.07) is 4.49. The van der Waals surface area contributed by atoms with E-state index in [9.17, 15) is 0 Å². The predicted octanol–water partition coefficient (Wildman–Crippen LogP) is 15.7. The smallest absolute Gasteiger partial charge is 0.139 e. The second kappa shape index (κ2) is 18.0. The van der Waals surface area contributed by atoms with E-state index in [0.29, 0.717) is 46.6 Å². The summed E-state index contributed by atoms with van der Waals surface area (Å²) in [6.45, 7) is 11.0. The Morgan fingerprint density at radius 2 is 0.667 bits per heavy atom. The zero-order chi connectivity index (χ0) is 44.5. The van der Waals surface area contributed by atoms with Crippen LogP contribution < -0.4 is 0 Å². The second-order valence-electron chi connectivity index (χ2n) is 29.4. The number of rotatable bonds is 6. The molecule has 13 aliphatic rings. The average molecular weight is 904 g/mol. The molecule has 0 spiro atoms. The lowest BCUT2D eigenvalue weighted by Crippen LogP contribution is -2.60. The quantitative estimate of drug-likeness (QED) is 0.265. The van der Waals surface area contributed by atoms with Crippen LogP contribution >= 0.6 is 0 Å². The molecule has 0 radical (unpaired) electrons. The van der Waals surface area contributed by atoms with Gasteiger partial charge in [-0.1, -0.05) is 118 Å². The minimum atomic E-state index is 0.368. The molecule has 3 nitrogen and oxygen atoms in total. The first-order valence-electron chi connectivity index (χ1n) is 31.2. The van der Waals surface area contributed by atoms with Crippen LogP contribution in [-0.2, 0) is 4.79 Å². The normalized spacial score (nSPS) is 52.8. The van der Waals surface area contributed by atoms with Crippen LogP contribution in [0.1, 0.15) is 246 Å². The Kier molecular flexibility index (Phi) is 12.4. The highest BCUT2D eigenvalue weighted by Crippen LogP contribution is 2.66. The number of ketones is 1. The molecule has 0 aromatic rings. The molecule has 0 N–H and O–H groups in total. The first kappa shape index (κ1) is 45.5. The van der Waals surface area contributed by atoms with E-state index in [2.05, 4.69) is 37.5 Å². The van der Waals surface area contributed by atoms with Gasteiger partial charge in [0, 0.05) is 48.1 Å². The summed E-state index contributed by atoms with van der Waals surface area (Å²) < 4.78 is 0. The molecule has 13 aliphatic carbocycles. The molecule has 0 heterocycles. The molecule has 0 aliphatic heterocycles. The van der Waals surface area contributed by atoms with Gasteiger partial charge < -0.3 is 0 Å². The molecule has 0 aromatic heterocycles. The van der Waals surface area contributed by atoms with Crippen LogP contribution in [0.15, 0.2) is 0 Å². The number of fused-ring (bicyclic) bond motifs is 11. The summed E-state index contributed by atoms with van der Waals surface area (Å²) in [6.07, 6.45) is 50.0. The van der Waals surface area contributed by atoms with Crippen LogP contribution in [0.3, 0.4) is 0 Å². The van der Waals surface area contributed by atoms with E-state index in [1.165, 1.54) is 218 Å². The van der Waals surface area contributed by atoms with Gasteiger partial charge >= 0.3 is 0 Å². The van der Waals surface area contributed by atoms with E-state index in [1.807, 2.05) is 0 Å². The van der Waals surface area contributed by atoms with Gasteiger partial charge in [-0.3, -0.25) is 14.6 Å². The van der Waals surface area contributed by atoms with Crippen LogP contribution in [0.5, 0.6) is 0 Å². The molecule has 0 amide bonds. The van der Waals surface area contributed by atoms with Crippen molar-refractivity contribution in [3.05, 3.63) is 0 Å². The highest BCUT2D eigenvalue weighted by Gasteiger charge is 2.62. The van der Waals surface area contributed by atoms with E-state index in [-0.39, 0.29) is 0 Å². The van der Waals surface area contributed by atoms with Gasteiger partial charge in [-0.05, 0) is 222 Å². The third-order valence-corrected chi connectivity index (χ3v) is 26.9. The molecule has 13 fully saturated rings. The van der Waals surface area contributed by atoms with Crippen molar-refractivity contribution in [1.29, 1.82) is 0 Å². The van der Waals surface area contributed by atoms with Crippen molar-refractivity contribution in [2.45, 2.75) is 282 Å². The first-order chi connectivity index (χ1) is 32.2. The molecule has 3 heteroatoms. The second-order valence-corrected chi connectivity index (χ2v) is 29.4. The van der Waals surface area contributed by atoms with Gasteiger partial charge in [-0.2, -0.15) is 0 Å². The number of nitrogens with zero attached hydrogens (tertiary/aromatic N) is 2. The van der Waals surface area contributed by atoms with Gasteiger partial charge in [0.25, 0.3) is 0 Å². The van der Waals surface area contributed by atoms with Crippen LogP contribution in [0.4, 0.5) is 0 Å². The van der Waals surface area contributed by atoms with Crippen LogP contribution in [0.25, 0.3) is 0 Å². The van der Waals surface area contributed by atoms with Gasteiger partial charge in [-0.15, -0.1) is 0 Å². The Morgan fingerprint density at radius 1 is 0.318 bits per heavy atom. The maximum Gasteiger partial charge on any atom is 0.139 e. The predicted molar refractivity (Wildman–Crippen MR) is 272 cm³/mol. The maximum atomic E-state index is 15.6. The Hall–Kier alpha value is -0.410. The molecule has 370 valence electrons. The van der Waals surface area contributed by atoms with E-state index in [0.717, 1.165) is 101 Å². The van der Waals surface area contributed by atoms with Crippen molar-refractivity contribution in [2.24, 2.45) is 106 Å². The highest BCUT2D eigenvalue weighted by molar-refractivity contribution is 5.87. The lowest BCUT2D eigenvalue weighted by atomic mass is 9.63. The van der Waals surface area contributed by atoms with Crippen LogP contribution in [0.2, 0.25) is 0 Å². The minimum Gasteiger partial charge on any atom is -0.299 e. The Balaban J connectivity index is 0.774. The van der Waals surface area contributed by atoms with Crippen molar-refractivity contribution in [3.8, 4) is 0 Å². The number of carbonyl (C=O) groups is 1. The molecule has 22 atom stereocenters. The third-order valence-electron chi connectivity index (χ3n) is 26.9. The summed E-state index contributed by atoms with van der Waals surface area (Å²) in [4.78, 5) is 22.3. The monoisotopic (exact) mass is 903 g/mol. The van der Waals surface area contributed by atoms with Crippen molar-refractivity contribution >= 4 is 5.78 Å². The Morgan fingerprint density at radius 3 is 1.14 bits per heavy atom. The molecule has 0 aromatic carbocycles. The van der Waals surface area contributed by atoms with E-state index >= 15 is 4.79 Å². The van der Waals surface area contributed by atoms with Crippen molar-refractivity contribution in [2.75, 3.05) is 0 Å². The Bertz CT molecular complexity index is 1640.